The Kier molecular flexibility index (Phi) is 3.19. The fourth-order valence-corrected chi connectivity index (χ4v) is 1.35. The van der Waals surface area contributed by atoms with Crippen LogP contribution in [0.4, 0.5) is 0 Å². The number of phenols is 3. The van der Waals surface area contributed by atoms with Crippen molar-refractivity contribution in [2.45, 2.75) is 25.8 Å². The van der Waals surface area contributed by atoms with Crippen molar-refractivity contribution in [3.63, 3.8) is 0 Å². The minimum absolute atomic E-state index is 0.0822. The van der Waals surface area contributed by atoms with Crippen molar-refractivity contribution in [1.29, 1.82) is 0 Å². The van der Waals surface area contributed by atoms with Gasteiger partial charge in [0.25, 0.3) is 0 Å². The Morgan fingerprint density at radius 3 is 2.29 bits per heavy atom. The Hall–Kier alpha value is -1.42. The zero-order valence-corrected chi connectivity index (χ0v) is 8.07. The van der Waals surface area contributed by atoms with Gasteiger partial charge in [-0.2, -0.15) is 0 Å². The van der Waals surface area contributed by atoms with Gasteiger partial charge in [0.15, 0.2) is 11.5 Å². The summed E-state index contributed by atoms with van der Waals surface area (Å²) in [5.41, 5.74) is 6.23. The van der Waals surface area contributed by atoms with Gasteiger partial charge in [-0.15, -0.1) is 0 Å². The van der Waals surface area contributed by atoms with Gasteiger partial charge < -0.3 is 21.1 Å². The third-order valence-corrected chi connectivity index (χ3v) is 2.12. The molecular weight excluding hydrogens is 182 g/mol. The summed E-state index contributed by atoms with van der Waals surface area (Å²) < 4.78 is 0. The van der Waals surface area contributed by atoms with Gasteiger partial charge in [-0.25, -0.2) is 0 Å². The van der Waals surface area contributed by atoms with Crippen LogP contribution < -0.4 is 5.73 Å². The lowest BCUT2D eigenvalue weighted by atomic mass is 10.0. The molecule has 0 saturated heterocycles. The number of hydrogen-bond acceptors (Lipinski definition) is 4. The lowest BCUT2D eigenvalue weighted by Gasteiger charge is -2.13. The normalized spacial score (nSPS) is 12.7. The van der Waals surface area contributed by atoms with Crippen LogP contribution in [0.15, 0.2) is 12.1 Å². The second-order valence-electron chi connectivity index (χ2n) is 3.29. The average Bonchev–Trinajstić information content (AvgIpc) is 2.11. The summed E-state index contributed by atoms with van der Waals surface area (Å²) in [6, 6.07) is 2.08. The number of rotatable bonds is 3. The molecule has 1 atom stereocenters. The maximum Gasteiger partial charge on any atom is 0.161 e. The third kappa shape index (κ3) is 2.09. The van der Waals surface area contributed by atoms with E-state index in [0.29, 0.717) is 5.56 Å². The van der Waals surface area contributed by atoms with E-state index >= 15 is 0 Å². The minimum atomic E-state index is -0.338. The van der Waals surface area contributed by atoms with Crippen LogP contribution in [0.2, 0.25) is 0 Å². The molecule has 0 spiro atoms. The third-order valence-electron chi connectivity index (χ3n) is 2.12. The van der Waals surface area contributed by atoms with E-state index in [4.69, 9.17) is 10.8 Å². The molecule has 0 aliphatic carbocycles. The first-order valence-corrected chi connectivity index (χ1v) is 4.56. The number of aromatic hydroxyl groups is 3. The van der Waals surface area contributed by atoms with Gasteiger partial charge in [-0.1, -0.05) is 13.3 Å². The molecule has 78 valence electrons. The van der Waals surface area contributed by atoms with E-state index in [1.807, 2.05) is 6.92 Å². The van der Waals surface area contributed by atoms with Crippen molar-refractivity contribution < 1.29 is 15.3 Å². The van der Waals surface area contributed by atoms with Crippen LogP contribution >= 0.6 is 0 Å². The zero-order valence-electron chi connectivity index (χ0n) is 8.07. The highest BCUT2D eigenvalue weighted by Crippen LogP contribution is 2.35. The predicted molar refractivity (Wildman–Crippen MR) is 53.3 cm³/mol. The van der Waals surface area contributed by atoms with Gasteiger partial charge in [0.2, 0.25) is 0 Å². The van der Waals surface area contributed by atoms with Crippen molar-refractivity contribution in [3.05, 3.63) is 17.7 Å². The maximum atomic E-state index is 9.46. The molecule has 0 aliphatic heterocycles. The first-order chi connectivity index (χ1) is 6.56. The Labute approximate surface area is 82.6 Å². The monoisotopic (exact) mass is 197 g/mol. The highest BCUT2D eigenvalue weighted by molar-refractivity contribution is 5.49. The largest absolute Gasteiger partial charge is 0.507 e. The van der Waals surface area contributed by atoms with Crippen LogP contribution in [0.5, 0.6) is 17.2 Å². The molecule has 1 rings (SSSR count). The first-order valence-electron chi connectivity index (χ1n) is 4.56. The standard InChI is InChI=1S/C10H15NO3/c1-2-3-7(11)6-4-9(13)10(14)5-8(6)12/h4-5,7,12-14H,2-3,11H2,1H3/t7-/m1/s1. The van der Waals surface area contributed by atoms with Gasteiger partial charge >= 0.3 is 0 Å². The molecule has 0 amide bonds. The van der Waals surface area contributed by atoms with E-state index in [2.05, 4.69) is 0 Å². The van der Waals surface area contributed by atoms with Crippen molar-refractivity contribution >= 4 is 0 Å². The Morgan fingerprint density at radius 2 is 1.71 bits per heavy atom. The lowest BCUT2D eigenvalue weighted by molar-refractivity contribution is 0.392. The van der Waals surface area contributed by atoms with Gasteiger partial charge in [-0.3, -0.25) is 0 Å². The highest BCUT2D eigenvalue weighted by Gasteiger charge is 2.13. The SMILES string of the molecule is CCC[C@@H](N)c1cc(O)c(O)cc1O. The lowest BCUT2D eigenvalue weighted by Crippen LogP contribution is -2.09. The fourth-order valence-electron chi connectivity index (χ4n) is 1.35. The van der Waals surface area contributed by atoms with Gasteiger partial charge in [0, 0.05) is 17.7 Å². The van der Waals surface area contributed by atoms with E-state index in [-0.39, 0.29) is 23.3 Å². The molecule has 0 aliphatic rings. The predicted octanol–water partition coefficient (Wildman–Crippen LogP) is 1.60. The van der Waals surface area contributed by atoms with E-state index < -0.39 is 0 Å². The minimum Gasteiger partial charge on any atom is -0.507 e. The van der Waals surface area contributed by atoms with Crippen LogP contribution in [-0.4, -0.2) is 15.3 Å². The van der Waals surface area contributed by atoms with Gasteiger partial charge in [0.1, 0.15) is 5.75 Å². The van der Waals surface area contributed by atoms with Crippen molar-refractivity contribution in [3.8, 4) is 17.2 Å². The molecule has 0 saturated carbocycles. The fraction of sp³-hybridized carbons (Fsp3) is 0.400. The summed E-state index contributed by atoms with van der Waals surface area (Å²) in [5.74, 6) is -0.680. The number of benzene rings is 1. The number of nitrogens with two attached hydrogens (primary N) is 1. The van der Waals surface area contributed by atoms with Crippen LogP contribution in [0, 0.1) is 0 Å². The molecule has 0 aromatic heterocycles. The molecule has 5 N–H and O–H groups in total. The number of phenolic OH excluding ortho intramolecular Hbond substituents is 3. The van der Waals surface area contributed by atoms with Crippen molar-refractivity contribution in [2.24, 2.45) is 5.73 Å². The molecule has 0 radical (unpaired) electrons. The summed E-state index contributed by atoms with van der Waals surface area (Å²) in [5, 5.41) is 27.8. The molecular formula is C10H15NO3. The first kappa shape index (κ1) is 10.7. The Balaban J connectivity index is 3.02. The van der Waals surface area contributed by atoms with Crippen molar-refractivity contribution in [2.75, 3.05) is 0 Å². The second kappa shape index (κ2) is 4.19. The molecule has 1 aromatic rings. The summed E-state index contributed by atoms with van der Waals surface area (Å²) in [4.78, 5) is 0. The molecule has 4 nitrogen and oxygen atoms in total. The van der Waals surface area contributed by atoms with E-state index in [9.17, 15) is 10.2 Å². The smallest absolute Gasteiger partial charge is 0.161 e. The molecule has 0 unspecified atom stereocenters. The summed E-state index contributed by atoms with van der Waals surface area (Å²) in [7, 11) is 0. The van der Waals surface area contributed by atoms with Crippen LogP contribution in [0.3, 0.4) is 0 Å². The van der Waals surface area contributed by atoms with Gasteiger partial charge in [0.05, 0.1) is 0 Å². The quantitative estimate of drug-likeness (QED) is 0.438. The molecule has 0 bridgehead atoms. The van der Waals surface area contributed by atoms with Crippen LogP contribution in [-0.2, 0) is 0 Å². The second-order valence-corrected chi connectivity index (χ2v) is 3.29. The molecule has 4 heteroatoms. The maximum absolute atomic E-state index is 9.46. The van der Waals surface area contributed by atoms with Crippen LogP contribution in [0.25, 0.3) is 0 Å². The molecule has 0 fully saturated rings. The van der Waals surface area contributed by atoms with E-state index in [1.165, 1.54) is 6.07 Å². The van der Waals surface area contributed by atoms with E-state index in [1.54, 1.807) is 0 Å². The molecule has 0 heterocycles. The zero-order chi connectivity index (χ0) is 10.7. The Morgan fingerprint density at radius 1 is 1.14 bits per heavy atom. The average molecular weight is 197 g/mol. The molecule has 1 aromatic carbocycles. The highest BCUT2D eigenvalue weighted by atomic mass is 16.3. The topological polar surface area (TPSA) is 86.7 Å². The van der Waals surface area contributed by atoms with Crippen molar-refractivity contribution in [1.82, 2.24) is 0 Å². The summed E-state index contributed by atoms with van der Waals surface area (Å²) in [6.07, 6.45) is 1.61. The van der Waals surface area contributed by atoms with Gasteiger partial charge in [-0.05, 0) is 12.5 Å². The molecule has 14 heavy (non-hydrogen) atoms. The van der Waals surface area contributed by atoms with E-state index in [0.717, 1.165) is 18.9 Å². The van der Waals surface area contributed by atoms with Crippen LogP contribution in [0.1, 0.15) is 31.4 Å². The summed E-state index contributed by atoms with van der Waals surface area (Å²) in [6.45, 7) is 1.98. The summed E-state index contributed by atoms with van der Waals surface area (Å²) >= 11 is 0. The number of hydrogen-bond donors (Lipinski definition) is 4. The Bertz CT molecular complexity index is 325.